The summed E-state index contributed by atoms with van der Waals surface area (Å²) in [4.78, 5) is 14.5. The Balaban J connectivity index is 1.70. The Labute approximate surface area is 130 Å². The lowest BCUT2D eigenvalue weighted by Crippen LogP contribution is -2.56. The maximum atomic E-state index is 11.9. The molecule has 4 heteroatoms. The molecule has 1 aliphatic carbocycles. The van der Waals surface area contributed by atoms with Crippen LogP contribution in [0, 0.1) is 17.8 Å². The molecule has 1 heterocycles. The molecule has 1 saturated heterocycles. The van der Waals surface area contributed by atoms with Crippen molar-refractivity contribution >= 4 is 5.91 Å². The molecule has 1 saturated carbocycles. The third-order valence-corrected chi connectivity index (χ3v) is 4.86. The van der Waals surface area contributed by atoms with Crippen molar-refractivity contribution in [1.29, 1.82) is 0 Å². The van der Waals surface area contributed by atoms with Crippen molar-refractivity contribution in [1.82, 2.24) is 15.5 Å². The minimum absolute atomic E-state index is 0.0368. The van der Waals surface area contributed by atoms with Crippen molar-refractivity contribution in [3.63, 3.8) is 0 Å². The molecule has 0 aromatic heterocycles. The first-order valence-corrected chi connectivity index (χ1v) is 8.59. The molecule has 0 bridgehead atoms. The summed E-state index contributed by atoms with van der Waals surface area (Å²) >= 11 is 0. The quantitative estimate of drug-likeness (QED) is 0.753. The van der Waals surface area contributed by atoms with Crippen molar-refractivity contribution in [2.45, 2.75) is 52.5 Å². The van der Waals surface area contributed by atoms with Crippen LogP contribution >= 0.6 is 0 Å². The highest BCUT2D eigenvalue weighted by molar-refractivity contribution is 5.78. The van der Waals surface area contributed by atoms with Gasteiger partial charge in [0.25, 0.3) is 0 Å². The van der Waals surface area contributed by atoms with Gasteiger partial charge in [0.1, 0.15) is 0 Å². The molecule has 2 fully saturated rings. The molecule has 1 aliphatic heterocycles. The number of nitrogens with one attached hydrogen (secondary N) is 2. The van der Waals surface area contributed by atoms with Gasteiger partial charge < -0.3 is 10.6 Å². The SMILES string of the molecule is CC1CC(C)CN(C(C)(C)CNC(=O)CNCC2CC2)C1. The van der Waals surface area contributed by atoms with Crippen molar-refractivity contribution in [3.8, 4) is 0 Å². The average Bonchev–Trinajstić information content (AvgIpc) is 3.19. The van der Waals surface area contributed by atoms with E-state index in [-0.39, 0.29) is 11.4 Å². The van der Waals surface area contributed by atoms with Crippen LogP contribution in [0.15, 0.2) is 0 Å². The summed E-state index contributed by atoms with van der Waals surface area (Å²) in [7, 11) is 0. The van der Waals surface area contributed by atoms with Crippen LogP contribution in [0.5, 0.6) is 0 Å². The van der Waals surface area contributed by atoms with E-state index in [4.69, 9.17) is 0 Å². The minimum Gasteiger partial charge on any atom is -0.353 e. The van der Waals surface area contributed by atoms with E-state index in [1.807, 2.05) is 0 Å². The van der Waals surface area contributed by atoms with Crippen LogP contribution in [-0.2, 0) is 4.79 Å². The fourth-order valence-electron chi connectivity index (χ4n) is 3.36. The Morgan fingerprint density at radius 2 is 1.81 bits per heavy atom. The molecule has 2 rings (SSSR count). The minimum atomic E-state index is 0.0368. The molecule has 122 valence electrons. The number of likely N-dealkylation sites (tertiary alicyclic amines) is 1. The molecule has 2 atom stereocenters. The molecule has 0 spiro atoms. The van der Waals surface area contributed by atoms with E-state index in [0.29, 0.717) is 6.54 Å². The molecule has 0 radical (unpaired) electrons. The smallest absolute Gasteiger partial charge is 0.234 e. The Bertz CT molecular complexity index is 342. The number of carbonyl (C=O) groups excluding carboxylic acids is 1. The lowest BCUT2D eigenvalue weighted by Gasteiger charge is -2.45. The van der Waals surface area contributed by atoms with E-state index >= 15 is 0 Å². The van der Waals surface area contributed by atoms with Gasteiger partial charge in [-0.05, 0) is 57.4 Å². The van der Waals surface area contributed by atoms with E-state index in [1.165, 1.54) is 19.3 Å². The molecular weight excluding hydrogens is 262 g/mol. The topological polar surface area (TPSA) is 44.4 Å². The molecule has 21 heavy (non-hydrogen) atoms. The monoisotopic (exact) mass is 295 g/mol. The molecular formula is C17H33N3O. The number of hydrogen-bond acceptors (Lipinski definition) is 3. The highest BCUT2D eigenvalue weighted by atomic mass is 16.1. The zero-order chi connectivity index (χ0) is 15.5. The third kappa shape index (κ3) is 5.59. The van der Waals surface area contributed by atoms with Gasteiger partial charge in [0, 0.05) is 25.2 Å². The number of piperidine rings is 1. The van der Waals surface area contributed by atoms with Gasteiger partial charge in [-0.2, -0.15) is 0 Å². The first kappa shape index (κ1) is 16.8. The Hall–Kier alpha value is -0.610. The number of hydrogen-bond donors (Lipinski definition) is 2. The number of nitrogens with zero attached hydrogens (tertiary/aromatic N) is 1. The predicted molar refractivity (Wildman–Crippen MR) is 87.2 cm³/mol. The second-order valence-corrected chi connectivity index (χ2v) is 8.01. The lowest BCUT2D eigenvalue weighted by molar-refractivity contribution is -0.121. The first-order chi connectivity index (χ1) is 9.87. The van der Waals surface area contributed by atoms with Crippen LogP contribution < -0.4 is 10.6 Å². The van der Waals surface area contributed by atoms with Gasteiger partial charge >= 0.3 is 0 Å². The average molecular weight is 295 g/mol. The normalized spacial score (nSPS) is 27.6. The van der Waals surface area contributed by atoms with Crippen LogP contribution in [0.2, 0.25) is 0 Å². The summed E-state index contributed by atoms with van der Waals surface area (Å²) < 4.78 is 0. The van der Waals surface area contributed by atoms with Gasteiger partial charge in [-0.25, -0.2) is 0 Å². The summed E-state index contributed by atoms with van der Waals surface area (Å²) in [6.07, 6.45) is 3.98. The second kappa shape index (κ2) is 7.10. The lowest BCUT2D eigenvalue weighted by atomic mass is 9.88. The molecule has 0 aromatic rings. The van der Waals surface area contributed by atoms with Crippen molar-refractivity contribution in [2.24, 2.45) is 17.8 Å². The summed E-state index contributed by atoms with van der Waals surface area (Å²) in [6.45, 7) is 13.6. The van der Waals surface area contributed by atoms with Gasteiger partial charge in [0.2, 0.25) is 5.91 Å². The van der Waals surface area contributed by atoms with Gasteiger partial charge in [0.05, 0.1) is 6.54 Å². The molecule has 4 nitrogen and oxygen atoms in total. The predicted octanol–water partition coefficient (Wildman–Crippen LogP) is 1.86. The van der Waals surface area contributed by atoms with Crippen LogP contribution in [0.1, 0.15) is 47.0 Å². The fourth-order valence-corrected chi connectivity index (χ4v) is 3.36. The Morgan fingerprint density at radius 3 is 2.38 bits per heavy atom. The zero-order valence-electron chi connectivity index (χ0n) is 14.2. The van der Waals surface area contributed by atoms with Crippen LogP contribution in [0.4, 0.5) is 0 Å². The third-order valence-electron chi connectivity index (χ3n) is 4.86. The fraction of sp³-hybridized carbons (Fsp3) is 0.941. The molecule has 0 aromatic carbocycles. The summed E-state index contributed by atoms with van der Waals surface area (Å²) in [5.74, 6) is 2.46. The number of carbonyl (C=O) groups is 1. The maximum absolute atomic E-state index is 11.9. The standard InChI is InChI=1S/C17H33N3O/c1-13-7-14(2)11-20(10-13)17(3,4)12-19-16(21)9-18-8-15-5-6-15/h13-15,18H,5-12H2,1-4H3,(H,19,21). The van der Waals surface area contributed by atoms with E-state index in [1.54, 1.807) is 0 Å². The molecule has 1 amide bonds. The van der Waals surface area contributed by atoms with Gasteiger partial charge in [-0.3, -0.25) is 9.69 Å². The van der Waals surface area contributed by atoms with Crippen LogP contribution in [0.25, 0.3) is 0 Å². The highest BCUT2D eigenvalue weighted by Gasteiger charge is 2.32. The molecule has 2 N–H and O–H groups in total. The van der Waals surface area contributed by atoms with E-state index in [9.17, 15) is 4.79 Å². The van der Waals surface area contributed by atoms with Crippen molar-refractivity contribution in [2.75, 3.05) is 32.7 Å². The van der Waals surface area contributed by atoms with Crippen LogP contribution in [0.3, 0.4) is 0 Å². The first-order valence-electron chi connectivity index (χ1n) is 8.59. The van der Waals surface area contributed by atoms with Gasteiger partial charge in [0.15, 0.2) is 0 Å². The van der Waals surface area contributed by atoms with Gasteiger partial charge in [-0.15, -0.1) is 0 Å². The summed E-state index contributed by atoms with van der Waals surface area (Å²) in [6, 6.07) is 0. The van der Waals surface area contributed by atoms with Crippen molar-refractivity contribution in [3.05, 3.63) is 0 Å². The Morgan fingerprint density at radius 1 is 1.19 bits per heavy atom. The highest BCUT2D eigenvalue weighted by Crippen LogP contribution is 2.27. The second-order valence-electron chi connectivity index (χ2n) is 8.01. The largest absolute Gasteiger partial charge is 0.353 e. The van der Waals surface area contributed by atoms with E-state index in [0.717, 1.165) is 43.9 Å². The van der Waals surface area contributed by atoms with Crippen LogP contribution in [-0.4, -0.2) is 49.1 Å². The molecule has 2 unspecified atom stereocenters. The Kier molecular flexibility index (Phi) is 5.67. The van der Waals surface area contributed by atoms with Gasteiger partial charge in [-0.1, -0.05) is 13.8 Å². The zero-order valence-corrected chi connectivity index (χ0v) is 14.2. The summed E-state index contributed by atoms with van der Waals surface area (Å²) in [5.41, 5.74) is 0.0368. The number of amides is 1. The number of rotatable bonds is 7. The van der Waals surface area contributed by atoms with Crippen molar-refractivity contribution < 1.29 is 4.79 Å². The van der Waals surface area contributed by atoms with E-state index < -0.39 is 0 Å². The maximum Gasteiger partial charge on any atom is 0.234 e. The summed E-state index contributed by atoms with van der Waals surface area (Å²) in [5, 5.41) is 6.35. The van der Waals surface area contributed by atoms with E-state index in [2.05, 4.69) is 43.2 Å². The molecule has 2 aliphatic rings.